The minimum Gasteiger partial charge on any atom is -0.365 e. The fraction of sp³-hybridized carbons (Fsp3) is 0.133. The zero-order valence-electron chi connectivity index (χ0n) is 11.7. The fourth-order valence-electron chi connectivity index (χ4n) is 2.07. The molecule has 2 aromatic rings. The van der Waals surface area contributed by atoms with Crippen LogP contribution in [0.4, 0.5) is 0 Å². The van der Waals surface area contributed by atoms with Crippen LogP contribution in [0.5, 0.6) is 0 Å². The smallest absolute Gasteiger partial charge is 0.252 e. The minimum absolute atomic E-state index is 0. The maximum atomic E-state index is 11.4. The van der Waals surface area contributed by atoms with Crippen LogP contribution in [-0.2, 0) is 0 Å². The molecule has 1 heterocycles. The lowest BCUT2D eigenvalue weighted by atomic mass is 10.1. The molecule has 1 aromatic heterocycles. The molecule has 2 rings (SSSR count). The lowest BCUT2D eigenvalue weighted by Crippen LogP contribution is -2.31. The van der Waals surface area contributed by atoms with Crippen molar-refractivity contribution >= 4 is 29.9 Å². The van der Waals surface area contributed by atoms with E-state index in [9.17, 15) is 4.79 Å². The number of hydrogen-bond donors (Lipinski definition) is 2. The maximum Gasteiger partial charge on any atom is 0.252 e. The summed E-state index contributed by atoms with van der Waals surface area (Å²) in [4.78, 5) is 11.4. The summed E-state index contributed by atoms with van der Waals surface area (Å²) < 4.78 is 1.57. The van der Waals surface area contributed by atoms with Crippen LogP contribution < -0.4 is 11.2 Å². The first-order valence-corrected chi connectivity index (χ1v) is 6.58. The third-order valence-corrected chi connectivity index (χ3v) is 3.47. The van der Waals surface area contributed by atoms with Gasteiger partial charge in [-0.1, -0.05) is 23.7 Å². The number of primary amides is 1. The Labute approximate surface area is 138 Å². The van der Waals surface area contributed by atoms with Gasteiger partial charge in [0.05, 0.1) is 28.3 Å². The first-order chi connectivity index (χ1) is 9.93. The van der Waals surface area contributed by atoms with E-state index >= 15 is 0 Å². The molecule has 114 valence electrons. The number of benzene rings is 1. The Balaban J connectivity index is 0.00000242. The fourth-order valence-corrected chi connectivity index (χ4v) is 2.28. The summed E-state index contributed by atoms with van der Waals surface area (Å²) in [5.74, 6) is -0.691. The molecule has 0 fully saturated rings. The molecular formula is C15H14Cl2N4O. The quantitative estimate of drug-likeness (QED) is 0.900. The zero-order chi connectivity index (χ0) is 15.6. The number of aromatic nitrogens is 1. The second-order valence-electron chi connectivity index (χ2n) is 4.60. The van der Waals surface area contributed by atoms with Gasteiger partial charge in [0.25, 0.3) is 5.91 Å². The van der Waals surface area contributed by atoms with E-state index in [1.165, 1.54) is 6.07 Å². The van der Waals surface area contributed by atoms with E-state index in [0.717, 1.165) is 5.56 Å². The molecule has 1 amide bonds. The Hall–Kier alpha value is -2.29. The van der Waals surface area contributed by atoms with E-state index in [0.29, 0.717) is 10.6 Å². The minimum atomic E-state index is -0.691. The summed E-state index contributed by atoms with van der Waals surface area (Å²) >= 11 is 5.99. The van der Waals surface area contributed by atoms with E-state index in [1.807, 2.05) is 6.92 Å². The molecule has 0 aliphatic rings. The van der Waals surface area contributed by atoms with E-state index in [-0.39, 0.29) is 29.5 Å². The standard InChI is InChI=1S/C15H13ClN4O.ClH/c1-9(11-4-2-10(7-17)3-5-11)20-8-12(16)6-13(14(20)18)15(19)21;/h2-6,8-9,18H,1H3,(H2,19,21);1H. The number of rotatable bonds is 3. The molecule has 0 spiro atoms. The van der Waals surface area contributed by atoms with Crippen LogP contribution in [0.3, 0.4) is 0 Å². The molecule has 0 saturated heterocycles. The van der Waals surface area contributed by atoms with Crippen molar-refractivity contribution in [1.82, 2.24) is 4.57 Å². The number of carbonyl (C=O) groups is 1. The summed E-state index contributed by atoms with van der Waals surface area (Å²) in [6.45, 7) is 1.88. The Morgan fingerprint density at radius 2 is 2.00 bits per heavy atom. The number of nitriles is 1. The van der Waals surface area contributed by atoms with Gasteiger partial charge < -0.3 is 10.3 Å². The Morgan fingerprint density at radius 1 is 1.41 bits per heavy atom. The number of nitrogens with one attached hydrogen (secondary N) is 1. The monoisotopic (exact) mass is 336 g/mol. The number of nitrogens with two attached hydrogens (primary N) is 1. The predicted molar refractivity (Wildman–Crippen MR) is 86.0 cm³/mol. The van der Waals surface area contributed by atoms with Gasteiger partial charge in [-0.05, 0) is 30.7 Å². The van der Waals surface area contributed by atoms with E-state index in [2.05, 4.69) is 6.07 Å². The third kappa shape index (κ3) is 3.48. The first kappa shape index (κ1) is 17.8. The third-order valence-electron chi connectivity index (χ3n) is 3.26. The van der Waals surface area contributed by atoms with Crippen LogP contribution in [-0.4, -0.2) is 10.5 Å². The molecule has 5 nitrogen and oxygen atoms in total. The molecule has 7 heteroatoms. The average Bonchev–Trinajstić information content (AvgIpc) is 2.48. The van der Waals surface area contributed by atoms with Crippen molar-refractivity contribution in [2.24, 2.45) is 5.73 Å². The summed E-state index contributed by atoms with van der Waals surface area (Å²) in [6.07, 6.45) is 1.58. The lowest BCUT2D eigenvalue weighted by Gasteiger charge is -2.18. The summed E-state index contributed by atoms with van der Waals surface area (Å²) in [6, 6.07) is 10.2. The van der Waals surface area contributed by atoms with Gasteiger partial charge in [-0.15, -0.1) is 12.4 Å². The van der Waals surface area contributed by atoms with Crippen LogP contribution in [0.1, 0.15) is 34.5 Å². The SMILES string of the molecule is CC(c1ccc(C#N)cc1)n1cc(Cl)cc(C(N)=O)c1=N.Cl. The molecule has 0 aliphatic heterocycles. The number of halogens is 2. The molecular weight excluding hydrogens is 323 g/mol. The van der Waals surface area contributed by atoms with Crippen LogP contribution >= 0.6 is 24.0 Å². The van der Waals surface area contributed by atoms with Gasteiger partial charge in [0.1, 0.15) is 5.49 Å². The predicted octanol–water partition coefficient (Wildman–Crippen LogP) is 2.62. The zero-order valence-corrected chi connectivity index (χ0v) is 13.3. The van der Waals surface area contributed by atoms with Crippen molar-refractivity contribution in [3.05, 3.63) is 63.7 Å². The summed E-state index contributed by atoms with van der Waals surface area (Å²) in [5.41, 5.74) is 6.79. The highest BCUT2D eigenvalue weighted by atomic mass is 35.5. The largest absolute Gasteiger partial charge is 0.365 e. The second kappa shape index (κ2) is 7.12. The lowest BCUT2D eigenvalue weighted by molar-refractivity contribution is 0.0997. The molecule has 1 atom stereocenters. The molecule has 1 unspecified atom stereocenters. The number of pyridine rings is 1. The highest BCUT2D eigenvalue weighted by Crippen LogP contribution is 2.19. The van der Waals surface area contributed by atoms with Crippen molar-refractivity contribution in [1.29, 1.82) is 10.7 Å². The summed E-state index contributed by atoms with van der Waals surface area (Å²) in [5, 5.41) is 17.2. The first-order valence-electron chi connectivity index (χ1n) is 6.20. The molecule has 1 aromatic carbocycles. The van der Waals surface area contributed by atoms with E-state index < -0.39 is 5.91 Å². The van der Waals surface area contributed by atoms with Gasteiger partial charge in [-0.2, -0.15) is 5.26 Å². The van der Waals surface area contributed by atoms with Crippen LogP contribution in [0.15, 0.2) is 36.5 Å². The van der Waals surface area contributed by atoms with E-state index in [1.54, 1.807) is 35.0 Å². The number of carbonyl (C=O) groups excluding carboxylic acids is 1. The highest BCUT2D eigenvalue weighted by Gasteiger charge is 2.13. The number of hydrogen-bond acceptors (Lipinski definition) is 3. The second-order valence-corrected chi connectivity index (χ2v) is 5.04. The molecule has 0 bridgehead atoms. The van der Waals surface area contributed by atoms with E-state index in [4.69, 9.17) is 28.0 Å². The average molecular weight is 337 g/mol. The van der Waals surface area contributed by atoms with Crippen molar-refractivity contribution < 1.29 is 4.79 Å². The Bertz CT molecular complexity index is 791. The van der Waals surface area contributed by atoms with Gasteiger partial charge in [0.2, 0.25) is 0 Å². The van der Waals surface area contributed by atoms with Gasteiger partial charge in [0, 0.05) is 6.20 Å². The number of nitrogens with zero attached hydrogens (tertiary/aromatic N) is 2. The Morgan fingerprint density at radius 3 is 2.50 bits per heavy atom. The van der Waals surface area contributed by atoms with Crippen LogP contribution in [0.25, 0.3) is 0 Å². The topological polar surface area (TPSA) is 95.7 Å². The van der Waals surface area contributed by atoms with Crippen molar-refractivity contribution in [2.45, 2.75) is 13.0 Å². The molecule has 3 N–H and O–H groups in total. The van der Waals surface area contributed by atoms with Crippen molar-refractivity contribution in [3.8, 4) is 6.07 Å². The molecule has 22 heavy (non-hydrogen) atoms. The maximum absolute atomic E-state index is 11.4. The molecule has 0 aliphatic carbocycles. The van der Waals surface area contributed by atoms with Crippen LogP contribution in [0, 0.1) is 16.7 Å². The van der Waals surface area contributed by atoms with Gasteiger partial charge >= 0.3 is 0 Å². The van der Waals surface area contributed by atoms with Gasteiger partial charge in [0.15, 0.2) is 0 Å². The Kier molecular flexibility index (Phi) is 5.75. The summed E-state index contributed by atoms with van der Waals surface area (Å²) in [7, 11) is 0. The molecule has 0 saturated carbocycles. The number of amides is 1. The normalized spacial score (nSPS) is 11.1. The van der Waals surface area contributed by atoms with Gasteiger partial charge in [-0.25, -0.2) is 0 Å². The van der Waals surface area contributed by atoms with Crippen molar-refractivity contribution in [3.63, 3.8) is 0 Å². The van der Waals surface area contributed by atoms with Crippen molar-refractivity contribution in [2.75, 3.05) is 0 Å². The molecule has 0 radical (unpaired) electrons. The van der Waals surface area contributed by atoms with Crippen LogP contribution in [0.2, 0.25) is 5.02 Å². The highest BCUT2D eigenvalue weighted by molar-refractivity contribution is 6.30. The van der Waals surface area contributed by atoms with Gasteiger partial charge in [-0.3, -0.25) is 10.2 Å².